The van der Waals surface area contributed by atoms with Gasteiger partial charge in [-0.3, -0.25) is 4.79 Å². The molecule has 0 bridgehead atoms. The maximum Gasteiger partial charge on any atom is 0.254 e. The second-order valence-corrected chi connectivity index (χ2v) is 4.73. The molecule has 1 aromatic carbocycles. The first-order valence-electron chi connectivity index (χ1n) is 5.53. The number of benzene rings is 1. The largest absolute Gasteiger partial charge is 0.492 e. The Morgan fingerprint density at radius 2 is 2.11 bits per heavy atom. The minimum atomic E-state index is -0.552. The molecule has 1 aliphatic heterocycles. The first kappa shape index (κ1) is 13.3. The molecule has 1 aromatic rings. The van der Waals surface area contributed by atoms with E-state index < -0.39 is 5.82 Å². The predicted octanol–water partition coefficient (Wildman–Crippen LogP) is 2.07. The molecule has 18 heavy (non-hydrogen) atoms. The third kappa shape index (κ3) is 2.64. The number of amides is 1. The predicted molar refractivity (Wildman–Crippen MR) is 67.4 cm³/mol. The Balaban J connectivity index is 2.25. The number of ether oxygens (including phenoxy) is 2. The Labute approximate surface area is 113 Å². The lowest BCUT2D eigenvalue weighted by Gasteiger charge is -2.27. The van der Waals surface area contributed by atoms with Crippen LogP contribution in [0.1, 0.15) is 10.4 Å². The second kappa shape index (κ2) is 5.67. The summed E-state index contributed by atoms with van der Waals surface area (Å²) in [5.41, 5.74) is 0.307. The van der Waals surface area contributed by atoms with Gasteiger partial charge < -0.3 is 14.4 Å². The Bertz CT molecular complexity index is 438. The van der Waals surface area contributed by atoms with Crippen LogP contribution in [0.5, 0.6) is 5.75 Å². The van der Waals surface area contributed by atoms with Crippen LogP contribution < -0.4 is 4.74 Å². The summed E-state index contributed by atoms with van der Waals surface area (Å²) in [6.07, 6.45) is 0. The molecular weight excluding hydrogens is 305 g/mol. The molecule has 1 heterocycles. The van der Waals surface area contributed by atoms with E-state index in [1.807, 2.05) is 0 Å². The Kier molecular flexibility index (Phi) is 4.19. The van der Waals surface area contributed by atoms with Crippen molar-refractivity contribution < 1.29 is 18.7 Å². The van der Waals surface area contributed by atoms with E-state index in [0.717, 1.165) is 0 Å². The SMILES string of the molecule is COc1c(F)cc(C(=O)N2CCOCC2)cc1Br. The molecule has 4 nitrogen and oxygen atoms in total. The Morgan fingerprint density at radius 1 is 1.44 bits per heavy atom. The third-order valence-electron chi connectivity index (χ3n) is 2.75. The quantitative estimate of drug-likeness (QED) is 0.838. The molecule has 0 saturated carbocycles. The number of carbonyl (C=O) groups is 1. The molecule has 0 radical (unpaired) electrons. The number of hydrogen-bond donors (Lipinski definition) is 0. The molecule has 0 N–H and O–H groups in total. The molecular formula is C12H13BrFNO3. The summed E-state index contributed by atoms with van der Waals surface area (Å²) in [6, 6.07) is 2.76. The third-order valence-corrected chi connectivity index (χ3v) is 3.34. The van der Waals surface area contributed by atoms with Crippen molar-refractivity contribution in [3.63, 3.8) is 0 Å². The Hall–Kier alpha value is -1.14. The van der Waals surface area contributed by atoms with E-state index in [4.69, 9.17) is 9.47 Å². The van der Waals surface area contributed by atoms with Gasteiger partial charge in [-0.2, -0.15) is 0 Å². The van der Waals surface area contributed by atoms with Gasteiger partial charge in [-0.15, -0.1) is 0 Å². The van der Waals surface area contributed by atoms with Gasteiger partial charge in [0.1, 0.15) is 0 Å². The summed E-state index contributed by atoms with van der Waals surface area (Å²) in [5, 5.41) is 0. The molecule has 1 fully saturated rings. The lowest BCUT2D eigenvalue weighted by Crippen LogP contribution is -2.40. The van der Waals surface area contributed by atoms with E-state index >= 15 is 0 Å². The minimum absolute atomic E-state index is 0.105. The Morgan fingerprint density at radius 3 is 2.67 bits per heavy atom. The van der Waals surface area contributed by atoms with Crippen LogP contribution >= 0.6 is 15.9 Å². The fourth-order valence-electron chi connectivity index (χ4n) is 1.83. The number of morpholine rings is 1. The zero-order chi connectivity index (χ0) is 13.1. The summed E-state index contributed by atoms with van der Waals surface area (Å²) >= 11 is 3.19. The number of hydrogen-bond acceptors (Lipinski definition) is 3. The summed E-state index contributed by atoms with van der Waals surface area (Å²) < 4.78 is 24.2. The van der Waals surface area contributed by atoms with E-state index in [1.54, 1.807) is 11.0 Å². The smallest absolute Gasteiger partial charge is 0.254 e. The maximum atomic E-state index is 13.7. The minimum Gasteiger partial charge on any atom is -0.492 e. The summed E-state index contributed by atoms with van der Waals surface area (Å²) in [7, 11) is 1.38. The number of rotatable bonds is 2. The van der Waals surface area contributed by atoms with E-state index in [9.17, 15) is 9.18 Å². The molecule has 0 aliphatic carbocycles. The highest BCUT2D eigenvalue weighted by molar-refractivity contribution is 9.10. The zero-order valence-electron chi connectivity index (χ0n) is 9.91. The van der Waals surface area contributed by atoms with Gasteiger partial charge in [-0.25, -0.2) is 4.39 Å². The summed E-state index contributed by atoms with van der Waals surface area (Å²) in [5.74, 6) is -0.641. The van der Waals surface area contributed by atoms with Crippen LogP contribution in [0.25, 0.3) is 0 Å². The van der Waals surface area contributed by atoms with Crippen LogP contribution in [0.2, 0.25) is 0 Å². The second-order valence-electron chi connectivity index (χ2n) is 3.88. The lowest BCUT2D eigenvalue weighted by molar-refractivity contribution is 0.0302. The van der Waals surface area contributed by atoms with Gasteiger partial charge in [0.2, 0.25) is 0 Å². The van der Waals surface area contributed by atoms with Crippen molar-refractivity contribution in [2.75, 3.05) is 33.4 Å². The van der Waals surface area contributed by atoms with E-state index in [-0.39, 0.29) is 11.7 Å². The normalized spacial score (nSPS) is 15.6. The molecule has 1 saturated heterocycles. The van der Waals surface area contributed by atoms with Crippen molar-refractivity contribution >= 4 is 21.8 Å². The van der Waals surface area contributed by atoms with Crippen LogP contribution in [0.4, 0.5) is 4.39 Å². The summed E-state index contributed by atoms with van der Waals surface area (Å²) in [4.78, 5) is 13.8. The standard InChI is InChI=1S/C12H13BrFNO3/c1-17-11-9(13)6-8(7-10(11)14)12(16)15-2-4-18-5-3-15/h6-7H,2-5H2,1H3. The lowest BCUT2D eigenvalue weighted by atomic mass is 10.1. The van der Waals surface area contributed by atoms with Crippen LogP contribution in [-0.2, 0) is 4.74 Å². The summed E-state index contributed by atoms with van der Waals surface area (Å²) in [6.45, 7) is 2.10. The van der Waals surface area contributed by atoms with Gasteiger partial charge in [-0.1, -0.05) is 0 Å². The van der Waals surface area contributed by atoms with E-state index in [1.165, 1.54) is 13.2 Å². The van der Waals surface area contributed by atoms with Crippen molar-refractivity contribution in [3.8, 4) is 5.75 Å². The topological polar surface area (TPSA) is 38.8 Å². The number of methoxy groups -OCH3 is 1. The molecule has 1 aliphatic rings. The van der Waals surface area contributed by atoms with Crippen LogP contribution in [0.15, 0.2) is 16.6 Å². The molecule has 98 valence electrons. The fourth-order valence-corrected chi connectivity index (χ4v) is 2.43. The van der Waals surface area contributed by atoms with E-state index in [2.05, 4.69) is 15.9 Å². The van der Waals surface area contributed by atoms with Gasteiger partial charge in [-0.05, 0) is 28.1 Å². The van der Waals surface area contributed by atoms with Gasteiger partial charge in [0, 0.05) is 18.7 Å². The average molecular weight is 318 g/mol. The highest BCUT2D eigenvalue weighted by Gasteiger charge is 2.21. The number of nitrogens with zero attached hydrogens (tertiary/aromatic N) is 1. The van der Waals surface area contributed by atoms with Crippen molar-refractivity contribution in [1.82, 2.24) is 4.90 Å². The van der Waals surface area contributed by atoms with Gasteiger partial charge >= 0.3 is 0 Å². The van der Waals surface area contributed by atoms with Gasteiger partial charge in [0.15, 0.2) is 11.6 Å². The maximum absolute atomic E-state index is 13.7. The number of halogens is 2. The zero-order valence-corrected chi connectivity index (χ0v) is 11.5. The molecule has 0 atom stereocenters. The van der Waals surface area contributed by atoms with Crippen LogP contribution in [0, 0.1) is 5.82 Å². The van der Waals surface area contributed by atoms with Crippen LogP contribution in [-0.4, -0.2) is 44.2 Å². The molecule has 2 rings (SSSR count). The monoisotopic (exact) mass is 317 g/mol. The first-order chi connectivity index (χ1) is 8.63. The highest BCUT2D eigenvalue weighted by atomic mass is 79.9. The highest BCUT2D eigenvalue weighted by Crippen LogP contribution is 2.29. The van der Waals surface area contributed by atoms with Crippen LogP contribution in [0.3, 0.4) is 0 Å². The first-order valence-corrected chi connectivity index (χ1v) is 6.33. The molecule has 6 heteroatoms. The van der Waals surface area contributed by atoms with Gasteiger partial charge in [0.05, 0.1) is 24.8 Å². The molecule has 0 unspecified atom stereocenters. The molecule has 1 amide bonds. The van der Waals surface area contributed by atoms with Crippen molar-refractivity contribution in [1.29, 1.82) is 0 Å². The average Bonchev–Trinajstić information content (AvgIpc) is 2.38. The molecule has 0 aromatic heterocycles. The number of carbonyl (C=O) groups excluding carboxylic acids is 1. The van der Waals surface area contributed by atoms with Gasteiger partial charge in [0.25, 0.3) is 5.91 Å². The fraction of sp³-hybridized carbons (Fsp3) is 0.417. The van der Waals surface area contributed by atoms with E-state index in [0.29, 0.717) is 36.3 Å². The van der Waals surface area contributed by atoms with Crippen molar-refractivity contribution in [3.05, 3.63) is 28.0 Å². The van der Waals surface area contributed by atoms with Crippen molar-refractivity contribution in [2.24, 2.45) is 0 Å². The molecule has 0 spiro atoms. The van der Waals surface area contributed by atoms with Crippen molar-refractivity contribution in [2.45, 2.75) is 0 Å².